The highest BCUT2D eigenvalue weighted by Gasteiger charge is 2.18. The Balaban J connectivity index is 4.22. The SMILES string of the molecule is CCC(CC)N(C)C(=O)N(C)CC. The molecule has 0 N–H and O–H groups in total. The molecule has 0 aliphatic rings. The molecular weight excluding hydrogens is 164 g/mol. The molecular formula is C10H22N2O. The maximum atomic E-state index is 11.7. The lowest BCUT2D eigenvalue weighted by Gasteiger charge is -2.30. The molecule has 0 fully saturated rings. The van der Waals surface area contributed by atoms with Crippen molar-refractivity contribution in [1.82, 2.24) is 9.80 Å². The second-order valence-corrected chi connectivity index (χ2v) is 3.38. The maximum Gasteiger partial charge on any atom is 0.319 e. The predicted molar refractivity (Wildman–Crippen MR) is 55.8 cm³/mol. The number of carbonyl (C=O) groups excluding carboxylic acids is 1. The lowest BCUT2D eigenvalue weighted by atomic mass is 10.1. The smallest absolute Gasteiger partial charge is 0.319 e. The van der Waals surface area contributed by atoms with Gasteiger partial charge >= 0.3 is 6.03 Å². The summed E-state index contributed by atoms with van der Waals surface area (Å²) in [5, 5.41) is 0. The summed E-state index contributed by atoms with van der Waals surface area (Å²) >= 11 is 0. The maximum absolute atomic E-state index is 11.7. The minimum absolute atomic E-state index is 0.121. The molecule has 0 rings (SSSR count). The Hall–Kier alpha value is -0.730. The molecule has 0 aliphatic carbocycles. The van der Waals surface area contributed by atoms with Crippen molar-refractivity contribution in [3.63, 3.8) is 0 Å². The van der Waals surface area contributed by atoms with Gasteiger partial charge in [-0.15, -0.1) is 0 Å². The van der Waals surface area contributed by atoms with Crippen LogP contribution in [0.1, 0.15) is 33.6 Å². The zero-order valence-corrected chi connectivity index (χ0v) is 9.50. The fourth-order valence-electron chi connectivity index (χ4n) is 1.40. The Morgan fingerprint density at radius 1 is 1.15 bits per heavy atom. The van der Waals surface area contributed by atoms with Crippen molar-refractivity contribution in [3.05, 3.63) is 0 Å². The third kappa shape index (κ3) is 3.25. The summed E-state index contributed by atoms with van der Waals surface area (Å²) in [5.74, 6) is 0. The van der Waals surface area contributed by atoms with E-state index in [4.69, 9.17) is 0 Å². The molecule has 0 aromatic carbocycles. The van der Waals surface area contributed by atoms with Gasteiger partial charge in [0.2, 0.25) is 0 Å². The van der Waals surface area contributed by atoms with E-state index < -0.39 is 0 Å². The summed E-state index contributed by atoms with van der Waals surface area (Å²) in [5.41, 5.74) is 0. The molecule has 0 bridgehead atoms. The van der Waals surface area contributed by atoms with Gasteiger partial charge in [0, 0.05) is 26.7 Å². The van der Waals surface area contributed by atoms with Crippen LogP contribution in [0, 0.1) is 0 Å². The Morgan fingerprint density at radius 3 is 1.92 bits per heavy atom. The first kappa shape index (κ1) is 12.3. The normalized spacial score (nSPS) is 10.3. The first-order valence-electron chi connectivity index (χ1n) is 5.06. The van der Waals surface area contributed by atoms with Crippen molar-refractivity contribution >= 4 is 6.03 Å². The van der Waals surface area contributed by atoms with E-state index in [-0.39, 0.29) is 6.03 Å². The van der Waals surface area contributed by atoms with Gasteiger partial charge in [0.25, 0.3) is 0 Å². The molecule has 13 heavy (non-hydrogen) atoms. The Kier molecular flexibility index (Phi) is 5.51. The molecule has 0 saturated carbocycles. The Labute approximate surface area is 81.7 Å². The number of urea groups is 1. The fraction of sp³-hybridized carbons (Fsp3) is 0.900. The highest BCUT2D eigenvalue weighted by atomic mass is 16.2. The minimum atomic E-state index is 0.121. The number of hydrogen-bond donors (Lipinski definition) is 0. The Morgan fingerprint density at radius 2 is 1.62 bits per heavy atom. The lowest BCUT2D eigenvalue weighted by Crippen LogP contribution is -2.43. The number of rotatable bonds is 4. The van der Waals surface area contributed by atoms with E-state index in [0.29, 0.717) is 6.04 Å². The van der Waals surface area contributed by atoms with E-state index in [1.165, 1.54) is 0 Å². The summed E-state index contributed by atoms with van der Waals surface area (Å²) in [6.07, 6.45) is 2.05. The largest absolute Gasteiger partial charge is 0.328 e. The summed E-state index contributed by atoms with van der Waals surface area (Å²) in [6.45, 7) is 6.98. The second kappa shape index (κ2) is 5.84. The van der Waals surface area contributed by atoms with Gasteiger partial charge in [0.1, 0.15) is 0 Å². The van der Waals surface area contributed by atoms with Gasteiger partial charge in [-0.25, -0.2) is 4.79 Å². The molecule has 0 saturated heterocycles. The Bertz CT molecular complexity index is 155. The number of hydrogen-bond acceptors (Lipinski definition) is 1. The monoisotopic (exact) mass is 186 g/mol. The van der Waals surface area contributed by atoms with Crippen LogP contribution in [-0.4, -0.2) is 42.5 Å². The van der Waals surface area contributed by atoms with Crippen LogP contribution in [-0.2, 0) is 0 Å². The molecule has 0 atom stereocenters. The van der Waals surface area contributed by atoms with Crippen LogP contribution in [0.5, 0.6) is 0 Å². The average Bonchev–Trinajstić information content (AvgIpc) is 2.17. The zero-order valence-electron chi connectivity index (χ0n) is 9.50. The van der Waals surface area contributed by atoms with Crippen molar-refractivity contribution in [2.75, 3.05) is 20.6 Å². The first-order chi connectivity index (χ1) is 6.08. The van der Waals surface area contributed by atoms with Gasteiger partial charge in [0.15, 0.2) is 0 Å². The standard InChI is InChI=1S/C10H22N2O/c1-6-9(7-2)12(5)10(13)11(4)8-3/h9H,6-8H2,1-5H3. The molecule has 0 spiro atoms. The zero-order chi connectivity index (χ0) is 10.4. The van der Waals surface area contributed by atoms with E-state index >= 15 is 0 Å². The van der Waals surface area contributed by atoms with E-state index in [9.17, 15) is 4.79 Å². The lowest BCUT2D eigenvalue weighted by molar-refractivity contribution is 0.155. The van der Waals surface area contributed by atoms with Gasteiger partial charge in [-0.05, 0) is 19.8 Å². The summed E-state index contributed by atoms with van der Waals surface area (Å²) in [6, 6.07) is 0.498. The van der Waals surface area contributed by atoms with Crippen LogP contribution in [0.4, 0.5) is 4.79 Å². The van der Waals surface area contributed by atoms with Gasteiger partial charge in [-0.3, -0.25) is 0 Å². The van der Waals surface area contributed by atoms with Crippen molar-refractivity contribution < 1.29 is 4.79 Å². The van der Waals surface area contributed by atoms with E-state index in [1.54, 1.807) is 4.90 Å². The highest BCUT2D eigenvalue weighted by Crippen LogP contribution is 2.07. The van der Waals surface area contributed by atoms with Crippen LogP contribution in [0.15, 0.2) is 0 Å². The van der Waals surface area contributed by atoms with Crippen molar-refractivity contribution in [3.8, 4) is 0 Å². The summed E-state index contributed by atoms with van der Waals surface area (Å²) in [7, 11) is 3.72. The van der Waals surface area contributed by atoms with Gasteiger partial charge in [0.05, 0.1) is 0 Å². The van der Waals surface area contributed by atoms with Crippen molar-refractivity contribution in [2.24, 2.45) is 0 Å². The van der Waals surface area contributed by atoms with Crippen molar-refractivity contribution in [2.45, 2.75) is 39.7 Å². The predicted octanol–water partition coefficient (Wildman–Crippen LogP) is 2.18. The number of carbonyl (C=O) groups is 1. The third-order valence-corrected chi connectivity index (χ3v) is 2.59. The molecule has 78 valence electrons. The molecule has 0 radical (unpaired) electrons. The molecule has 0 unspecified atom stereocenters. The van der Waals surface area contributed by atoms with Gasteiger partial charge < -0.3 is 9.80 Å². The van der Waals surface area contributed by atoms with E-state index in [2.05, 4.69) is 13.8 Å². The van der Waals surface area contributed by atoms with Gasteiger partial charge in [-0.1, -0.05) is 13.8 Å². The van der Waals surface area contributed by atoms with Gasteiger partial charge in [-0.2, -0.15) is 0 Å². The molecule has 0 heterocycles. The molecule has 0 aromatic rings. The quantitative estimate of drug-likeness (QED) is 0.660. The third-order valence-electron chi connectivity index (χ3n) is 2.59. The minimum Gasteiger partial charge on any atom is -0.328 e. The highest BCUT2D eigenvalue weighted by molar-refractivity contribution is 5.74. The number of nitrogens with zero attached hydrogens (tertiary/aromatic N) is 2. The second-order valence-electron chi connectivity index (χ2n) is 3.38. The van der Waals surface area contributed by atoms with E-state index in [1.807, 2.05) is 25.9 Å². The molecule has 0 aromatic heterocycles. The average molecular weight is 186 g/mol. The van der Waals surface area contributed by atoms with Crippen LogP contribution >= 0.6 is 0 Å². The van der Waals surface area contributed by atoms with Crippen LogP contribution in [0.25, 0.3) is 0 Å². The van der Waals surface area contributed by atoms with Crippen LogP contribution in [0.2, 0.25) is 0 Å². The van der Waals surface area contributed by atoms with E-state index in [0.717, 1.165) is 19.4 Å². The fourth-order valence-corrected chi connectivity index (χ4v) is 1.40. The molecule has 2 amide bonds. The summed E-state index contributed by atoms with van der Waals surface area (Å²) < 4.78 is 0. The summed E-state index contributed by atoms with van der Waals surface area (Å²) in [4.78, 5) is 15.3. The number of amides is 2. The first-order valence-corrected chi connectivity index (χ1v) is 5.06. The van der Waals surface area contributed by atoms with Crippen LogP contribution in [0.3, 0.4) is 0 Å². The molecule has 0 aliphatic heterocycles. The molecule has 3 heteroatoms. The topological polar surface area (TPSA) is 23.6 Å². The van der Waals surface area contributed by atoms with Crippen molar-refractivity contribution in [1.29, 1.82) is 0 Å². The molecule has 3 nitrogen and oxygen atoms in total. The van der Waals surface area contributed by atoms with Crippen LogP contribution < -0.4 is 0 Å².